The summed E-state index contributed by atoms with van der Waals surface area (Å²) < 4.78 is 32.0. The van der Waals surface area contributed by atoms with E-state index in [4.69, 9.17) is 9.84 Å². The summed E-state index contributed by atoms with van der Waals surface area (Å²) in [6, 6.07) is 16.7. The van der Waals surface area contributed by atoms with Crippen molar-refractivity contribution in [3.05, 3.63) is 83.7 Å². The highest BCUT2D eigenvalue weighted by Gasteiger charge is 2.20. The van der Waals surface area contributed by atoms with Gasteiger partial charge < -0.3 is 20.3 Å². The number of benzene rings is 2. The predicted molar refractivity (Wildman–Crippen MR) is 146 cm³/mol. The topological polar surface area (TPSA) is 138 Å². The van der Waals surface area contributed by atoms with Gasteiger partial charge in [-0.2, -0.15) is 0 Å². The maximum Gasteiger partial charge on any atom is 0.268 e. The van der Waals surface area contributed by atoms with Gasteiger partial charge in [0.25, 0.3) is 5.91 Å². The minimum Gasteiger partial charge on any atom is -0.493 e. The highest BCUT2D eigenvalue weighted by molar-refractivity contribution is 7.90. The Kier molecular flexibility index (Phi) is 11.2. The van der Waals surface area contributed by atoms with E-state index in [1.165, 1.54) is 0 Å². The molecule has 9 nitrogen and oxygen atoms in total. The molecule has 1 amide bonds. The van der Waals surface area contributed by atoms with Gasteiger partial charge in [-0.15, -0.1) is 0 Å². The van der Waals surface area contributed by atoms with Gasteiger partial charge in [0.2, 0.25) is 10.0 Å². The quantitative estimate of drug-likeness (QED) is 0.216. The SMILES string of the molecule is CCCOc1cc(-c2ccc(CCNC[C@@H](O)c3cccnc3)cc2)ccc1C(=O)NS(=O)(=O)CCCO. The van der Waals surface area contributed by atoms with E-state index in [1.54, 1.807) is 36.7 Å². The van der Waals surface area contributed by atoms with Crippen LogP contribution in [0, 0.1) is 0 Å². The van der Waals surface area contributed by atoms with Crippen LogP contribution in [0.25, 0.3) is 11.1 Å². The molecule has 38 heavy (non-hydrogen) atoms. The van der Waals surface area contributed by atoms with Crippen molar-refractivity contribution in [3.8, 4) is 16.9 Å². The van der Waals surface area contributed by atoms with Crippen molar-refractivity contribution in [1.29, 1.82) is 0 Å². The molecule has 204 valence electrons. The van der Waals surface area contributed by atoms with Gasteiger partial charge in [-0.1, -0.05) is 43.3 Å². The molecule has 0 saturated carbocycles. The Morgan fingerprint density at radius 2 is 1.87 bits per heavy atom. The standard InChI is InChI=1S/C28H35N3O6S/c1-2-16-37-27-18-23(10-11-25(27)28(34)31-38(35,36)17-4-15-32)22-8-6-21(7-9-22)12-14-30-20-26(33)24-5-3-13-29-19-24/h3,5-11,13,18-19,26,30,32-33H,2,4,12,14-17,20H2,1H3,(H,31,34)/t26-/m1/s1. The van der Waals surface area contributed by atoms with Gasteiger partial charge in [0, 0.05) is 31.1 Å². The van der Waals surface area contributed by atoms with Crippen LogP contribution in [0.4, 0.5) is 0 Å². The highest BCUT2D eigenvalue weighted by atomic mass is 32.2. The Labute approximate surface area is 224 Å². The lowest BCUT2D eigenvalue weighted by atomic mass is 10.0. The number of pyridine rings is 1. The van der Waals surface area contributed by atoms with Crippen LogP contribution in [0.3, 0.4) is 0 Å². The second kappa shape index (κ2) is 14.6. The summed E-state index contributed by atoms with van der Waals surface area (Å²) in [5, 5.41) is 22.4. The van der Waals surface area contributed by atoms with Gasteiger partial charge >= 0.3 is 0 Å². The second-order valence-corrected chi connectivity index (χ2v) is 10.7. The first-order valence-corrected chi connectivity index (χ1v) is 14.3. The van der Waals surface area contributed by atoms with Gasteiger partial charge in [-0.05, 0) is 60.7 Å². The molecule has 3 rings (SSSR count). The maximum absolute atomic E-state index is 12.7. The molecule has 0 fully saturated rings. The Morgan fingerprint density at radius 3 is 2.55 bits per heavy atom. The van der Waals surface area contributed by atoms with E-state index in [0.29, 0.717) is 25.4 Å². The first-order chi connectivity index (χ1) is 18.3. The van der Waals surface area contributed by atoms with Crippen molar-refractivity contribution in [3.63, 3.8) is 0 Å². The second-order valence-electron chi connectivity index (χ2n) is 8.84. The number of amides is 1. The number of aromatic nitrogens is 1. The number of aliphatic hydroxyl groups excluding tert-OH is 2. The van der Waals surface area contributed by atoms with Crippen LogP contribution in [0.1, 0.15) is 47.4 Å². The summed E-state index contributed by atoms with van der Waals surface area (Å²) in [5.41, 5.74) is 3.80. The summed E-state index contributed by atoms with van der Waals surface area (Å²) >= 11 is 0. The minimum atomic E-state index is -3.86. The maximum atomic E-state index is 12.7. The van der Waals surface area contributed by atoms with E-state index in [-0.39, 0.29) is 24.3 Å². The van der Waals surface area contributed by atoms with Gasteiger partial charge in [-0.25, -0.2) is 13.1 Å². The third-order valence-corrected chi connectivity index (χ3v) is 7.11. The lowest BCUT2D eigenvalue weighted by Gasteiger charge is -2.14. The van der Waals surface area contributed by atoms with Crippen LogP contribution in [0.15, 0.2) is 67.0 Å². The third kappa shape index (κ3) is 8.91. The van der Waals surface area contributed by atoms with Crippen molar-refractivity contribution in [2.75, 3.05) is 32.1 Å². The molecule has 4 N–H and O–H groups in total. The largest absolute Gasteiger partial charge is 0.493 e. The Bertz CT molecular complexity index is 1270. The smallest absolute Gasteiger partial charge is 0.268 e. The molecule has 0 aliphatic rings. The van der Waals surface area contributed by atoms with Crippen LogP contribution in [-0.2, 0) is 16.4 Å². The number of nitrogens with one attached hydrogen (secondary N) is 2. The molecular weight excluding hydrogens is 506 g/mol. The highest BCUT2D eigenvalue weighted by Crippen LogP contribution is 2.28. The van der Waals surface area contributed by atoms with E-state index in [9.17, 15) is 18.3 Å². The third-order valence-electron chi connectivity index (χ3n) is 5.79. The van der Waals surface area contributed by atoms with Crippen molar-refractivity contribution in [2.24, 2.45) is 0 Å². The average molecular weight is 542 g/mol. The summed E-state index contributed by atoms with van der Waals surface area (Å²) in [7, 11) is -3.86. The van der Waals surface area contributed by atoms with E-state index in [2.05, 4.69) is 10.3 Å². The number of carbonyl (C=O) groups excluding carboxylic acids is 1. The lowest BCUT2D eigenvalue weighted by Crippen LogP contribution is -2.33. The van der Waals surface area contributed by atoms with Crippen LogP contribution in [0.2, 0.25) is 0 Å². The molecule has 0 aliphatic carbocycles. The van der Waals surface area contributed by atoms with Crippen molar-refractivity contribution < 1.29 is 28.2 Å². The lowest BCUT2D eigenvalue weighted by molar-refractivity contribution is 0.0977. The number of carbonyl (C=O) groups is 1. The summed E-state index contributed by atoms with van der Waals surface area (Å²) in [5.74, 6) is -0.803. The molecule has 10 heteroatoms. The van der Waals surface area contributed by atoms with E-state index < -0.39 is 22.0 Å². The van der Waals surface area contributed by atoms with Crippen molar-refractivity contribution in [1.82, 2.24) is 15.0 Å². The zero-order chi connectivity index (χ0) is 27.4. The van der Waals surface area contributed by atoms with Crippen LogP contribution in [-0.4, -0.2) is 61.6 Å². The van der Waals surface area contributed by atoms with Crippen molar-refractivity contribution >= 4 is 15.9 Å². The molecule has 1 heterocycles. The zero-order valence-electron chi connectivity index (χ0n) is 21.5. The first-order valence-electron chi connectivity index (χ1n) is 12.6. The van der Waals surface area contributed by atoms with E-state index >= 15 is 0 Å². The van der Waals surface area contributed by atoms with E-state index in [1.807, 2.05) is 42.0 Å². The van der Waals surface area contributed by atoms with Gasteiger partial charge in [0.1, 0.15) is 5.75 Å². The van der Waals surface area contributed by atoms with Gasteiger partial charge in [0.15, 0.2) is 0 Å². The fourth-order valence-corrected chi connectivity index (χ4v) is 4.75. The average Bonchev–Trinajstić information content (AvgIpc) is 2.93. The van der Waals surface area contributed by atoms with Gasteiger partial charge in [-0.3, -0.25) is 9.78 Å². The summed E-state index contributed by atoms with van der Waals surface area (Å²) in [6.07, 6.45) is 4.27. The normalized spacial score (nSPS) is 12.2. The zero-order valence-corrected chi connectivity index (χ0v) is 22.3. The fourth-order valence-electron chi connectivity index (χ4n) is 3.75. The van der Waals surface area contributed by atoms with Gasteiger partial charge in [0.05, 0.1) is 24.0 Å². The molecule has 0 radical (unpaired) electrons. The molecule has 0 spiro atoms. The molecule has 0 bridgehead atoms. The molecule has 0 aliphatic heterocycles. The minimum absolute atomic E-state index is 0.0418. The number of aliphatic hydroxyl groups is 2. The Balaban J connectivity index is 1.63. The van der Waals surface area contributed by atoms with Crippen molar-refractivity contribution in [2.45, 2.75) is 32.3 Å². The number of nitrogens with zero attached hydrogens (tertiary/aromatic N) is 1. The van der Waals surface area contributed by atoms with E-state index in [0.717, 1.165) is 35.1 Å². The first kappa shape index (κ1) is 29.2. The molecule has 3 aromatic rings. The Morgan fingerprint density at radius 1 is 1.11 bits per heavy atom. The van der Waals surface area contributed by atoms with Crippen LogP contribution < -0.4 is 14.8 Å². The number of rotatable bonds is 15. The predicted octanol–water partition coefficient (Wildman–Crippen LogP) is 2.85. The molecular formula is C28H35N3O6S. The molecule has 0 saturated heterocycles. The Hall–Kier alpha value is -3.31. The fraction of sp³-hybridized carbons (Fsp3) is 0.357. The number of hydrogen-bond donors (Lipinski definition) is 4. The monoisotopic (exact) mass is 541 g/mol. The molecule has 2 aromatic carbocycles. The molecule has 1 aromatic heterocycles. The van der Waals surface area contributed by atoms with Crippen LogP contribution >= 0.6 is 0 Å². The molecule has 0 unspecified atom stereocenters. The number of hydrogen-bond acceptors (Lipinski definition) is 8. The summed E-state index contributed by atoms with van der Waals surface area (Å²) in [6.45, 7) is 3.18. The molecule has 1 atom stereocenters. The summed E-state index contributed by atoms with van der Waals surface area (Å²) in [4.78, 5) is 16.7. The number of ether oxygens (including phenoxy) is 1. The van der Waals surface area contributed by atoms with Crippen LogP contribution in [0.5, 0.6) is 5.75 Å². The number of sulfonamides is 1.